The lowest BCUT2D eigenvalue weighted by Crippen LogP contribution is -2.41. The van der Waals surface area contributed by atoms with Crippen LogP contribution in [0.2, 0.25) is 0 Å². The molecule has 146 valence electrons. The van der Waals surface area contributed by atoms with Gasteiger partial charge in [-0.2, -0.15) is 0 Å². The maximum atomic E-state index is 12.8. The normalized spacial score (nSPS) is 15.9. The zero-order chi connectivity index (χ0) is 20.1. The molecule has 0 bridgehead atoms. The zero-order valence-electron chi connectivity index (χ0n) is 15.8. The van der Waals surface area contributed by atoms with Crippen LogP contribution in [0.15, 0.2) is 48.5 Å². The number of nitrogens with zero attached hydrogens (tertiary/aromatic N) is 1. The second-order valence-electron chi connectivity index (χ2n) is 6.42. The molecule has 0 radical (unpaired) electrons. The van der Waals surface area contributed by atoms with Gasteiger partial charge in [-0.15, -0.1) is 0 Å². The van der Waals surface area contributed by atoms with Gasteiger partial charge in [-0.25, -0.2) is 4.79 Å². The molecule has 0 saturated heterocycles. The number of fused-ring (bicyclic) bond motifs is 1. The number of hydrogen-bond acceptors (Lipinski definition) is 5. The van der Waals surface area contributed by atoms with Crippen molar-refractivity contribution in [3.05, 3.63) is 54.1 Å². The highest BCUT2D eigenvalue weighted by Crippen LogP contribution is 2.31. The summed E-state index contributed by atoms with van der Waals surface area (Å²) in [5.41, 5.74) is 1.48. The minimum atomic E-state index is -0.596. The van der Waals surface area contributed by atoms with Crippen molar-refractivity contribution >= 4 is 29.2 Å². The summed E-state index contributed by atoms with van der Waals surface area (Å²) in [5, 5.41) is 2.79. The van der Waals surface area contributed by atoms with Gasteiger partial charge in [0, 0.05) is 12.5 Å². The number of hydrogen-bond donors (Lipinski definition) is 1. The van der Waals surface area contributed by atoms with Crippen molar-refractivity contribution < 1.29 is 23.9 Å². The Morgan fingerprint density at radius 3 is 2.57 bits per heavy atom. The molecule has 2 aromatic rings. The van der Waals surface area contributed by atoms with Gasteiger partial charge in [-0.3, -0.25) is 9.59 Å². The quantitative estimate of drug-likeness (QED) is 0.804. The summed E-state index contributed by atoms with van der Waals surface area (Å²) in [5.74, 6) is -0.499. The molecule has 2 amide bonds. The minimum Gasteiger partial charge on any atom is -0.494 e. The first-order valence-electron chi connectivity index (χ1n) is 9.10. The van der Waals surface area contributed by atoms with E-state index < -0.39 is 18.5 Å². The first-order chi connectivity index (χ1) is 13.5. The second-order valence-corrected chi connectivity index (χ2v) is 6.42. The fourth-order valence-electron chi connectivity index (χ4n) is 3.10. The molecule has 1 aliphatic rings. The lowest BCUT2D eigenvalue weighted by Gasteiger charge is -2.27. The van der Waals surface area contributed by atoms with E-state index in [2.05, 4.69) is 5.32 Å². The van der Waals surface area contributed by atoms with Gasteiger partial charge in [-0.05, 0) is 50.2 Å². The molecule has 1 aliphatic heterocycles. The molecule has 1 atom stereocenters. The van der Waals surface area contributed by atoms with E-state index in [0.717, 1.165) is 0 Å². The Morgan fingerprint density at radius 2 is 1.86 bits per heavy atom. The summed E-state index contributed by atoms with van der Waals surface area (Å²) in [6.45, 7) is 3.77. The van der Waals surface area contributed by atoms with Crippen LogP contribution in [0.4, 0.5) is 11.4 Å². The van der Waals surface area contributed by atoms with Crippen LogP contribution in [0, 0.1) is 0 Å². The summed E-state index contributed by atoms with van der Waals surface area (Å²) < 4.78 is 10.5. The van der Waals surface area contributed by atoms with E-state index in [0.29, 0.717) is 29.3 Å². The third kappa shape index (κ3) is 4.31. The molecule has 1 unspecified atom stereocenters. The number of para-hydroxylation sites is 2. The Labute approximate surface area is 163 Å². The molecule has 28 heavy (non-hydrogen) atoms. The molecular weight excluding hydrogens is 360 g/mol. The van der Waals surface area contributed by atoms with E-state index in [4.69, 9.17) is 9.47 Å². The average molecular weight is 382 g/mol. The van der Waals surface area contributed by atoms with Gasteiger partial charge in [-0.1, -0.05) is 12.1 Å². The largest absolute Gasteiger partial charge is 0.494 e. The van der Waals surface area contributed by atoms with Gasteiger partial charge in [0.05, 0.1) is 23.5 Å². The maximum absolute atomic E-state index is 12.8. The number of rotatable bonds is 5. The molecule has 2 aromatic carbocycles. The van der Waals surface area contributed by atoms with Crippen molar-refractivity contribution in [1.29, 1.82) is 0 Å². The monoisotopic (exact) mass is 382 g/mol. The van der Waals surface area contributed by atoms with Gasteiger partial charge in [0.15, 0.2) is 6.61 Å². The zero-order valence-corrected chi connectivity index (χ0v) is 15.8. The lowest BCUT2D eigenvalue weighted by molar-refractivity contribution is -0.122. The summed E-state index contributed by atoms with van der Waals surface area (Å²) in [7, 11) is 0. The van der Waals surface area contributed by atoms with Crippen LogP contribution in [-0.2, 0) is 14.3 Å². The summed E-state index contributed by atoms with van der Waals surface area (Å²) >= 11 is 0. The van der Waals surface area contributed by atoms with Crippen molar-refractivity contribution in [2.75, 3.05) is 23.4 Å². The van der Waals surface area contributed by atoms with E-state index in [1.807, 2.05) is 6.92 Å². The predicted molar refractivity (Wildman–Crippen MR) is 105 cm³/mol. The summed E-state index contributed by atoms with van der Waals surface area (Å²) in [4.78, 5) is 38.5. The number of carbonyl (C=O) groups is 3. The lowest BCUT2D eigenvalue weighted by atomic mass is 10.1. The fraction of sp³-hybridized carbons (Fsp3) is 0.286. The van der Waals surface area contributed by atoms with Crippen molar-refractivity contribution in [1.82, 2.24) is 0 Å². The maximum Gasteiger partial charge on any atom is 0.338 e. The number of ether oxygens (including phenoxy) is 2. The number of esters is 1. The van der Waals surface area contributed by atoms with Crippen molar-refractivity contribution in [2.24, 2.45) is 0 Å². The van der Waals surface area contributed by atoms with Crippen molar-refractivity contribution in [3.63, 3.8) is 0 Å². The van der Waals surface area contributed by atoms with Crippen LogP contribution in [0.5, 0.6) is 5.75 Å². The molecule has 0 saturated carbocycles. The SMILES string of the molecule is CCOc1ccc(C(=O)OCC(=O)N2c3ccccc3NC(=O)CC2C)cc1. The molecular formula is C21H22N2O5. The first-order valence-corrected chi connectivity index (χ1v) is 9.10. The number of amides is 2. The molecule has 7 nitrogen and oxygen atoms in total. The molecule has 1 heterocycles. The van der Waals surface area contributed by atoms with Crippen LogP contribution in [-0.4, -0.2) is 37.0 Å². The Balaban J connectivity index is 1.70. The Kier molecular flexibility index (Phi) is 5.93. The van der Waals surface area contributed by atoms with Gasteiger partial charge in [0.2, 0.25) is 5.91 Å². The number of benzene rings is 2. The van der Waals surface area contributed by atoms with E-state index in [1.54, 1.807) is 55.5 Å². The molecule has 1 N–H and O–H groups in total. The summed E-state index contributed by atoms with van der Waals surface area (Å²) in [6.07, 6.45) is 0.160. The molecule has 3 rings (SSSR count). The number of carbonyl (C=O) groups excluding carboxylic acids is 3. The van der Waals surface area contributed by atoms with Crippen molar-refractivity contribution in [3.8, 4) is 5.75 Å². The first kappa shape index (κ1) is 19.4. The highest BCUT2D eigenvalue weighted by atomic mass is 16.5. The third-order valence-corrected chi connectivity index (χ3v) is 4.36. The highest BCUT2D eigenvalue weighted by Gasteiger charge is 2.30. The van der Waals surface area contributed by atoms with Crippen LogP contribution in [0.25, 0.3) is 0 Å². The van der Waals surface area contributed by atoms with Crippen LogP contribution >= 0.6 is 0 Å². The molecule has 0 aromatic heterocycles. The smallest absolute Gasteiger partial charge is 0.338 e. The average Bonchev–Trinajstić information content (AvgIpc) is 2.81. The standard InChI is InChI=1S/C21H22N2O5/c1-3-27-16-10-8-15(9-11-16)21(26)28-13-20(25)23-14(2)12-19(24)22-17-6-4-5-7-18(17)23/h4-11,14H,3,12-13H2,1-2H3,(H,22,24). The minimum absolute atomic E-state index is 0.160. The second kappa shape index (κ2) is 8.56. The third-order valence-electron chi connectivity index (χ3n) is 4.36. The van der Waals surface area contributed by atoms with Crippen LogP contribution in [0.1, 0.15) is 30.6 Å². The molecule has 0 spiro atoms. The van der Waals surface area contributed by atoms with Crippen LogP contribution < -0.4 is 15.0 Å². The fourth-order valence-corrected chi connectivity index (χ4v) is 3.10. The van der Waals surface area contributed by atoms with Gasteiger partial charge < -0.3 is 19.7 Å². The van der Waals surface area contributed by atoms with Crippen LogP contribution in [0.3, 0.4) is 0 Å². The highest BCUT2D eigenvalue weighted by molar-refractivity contribution is 6.05. The Hall–Kier alpha value is -3.35. The molecule has 0 aliphatic carbocycles. The van der Waals surface area contributed by atoms with E-state index >= 15 is 0 Å². The van der Waals surface area contributed by atoms with Crippen molar-refractivity contribution in [2.45, 2.75) is 26.3 Å². The summed E-state index contributed by atoms with van der Waals surface area (Å²) in [6, 6.07) is 13.2. The van der Waals surface area contributed by atoms with E-state index in [1.165, 1.54) is 4.90 Å². The topological polar surface area (TPSA) is 84.9 Å². The Morgan fingerprint density at radius 1 is 1.14 bits per heavy atom. The number of anilines is 2. The van der Waals surface area contributed by atoms with E-state index in [-0.39, 0.29) is 18.4 Å². The number of nitrogens with one attached hydrogen (secondary N) is 1. The predicted octanol–water partition coefficient (Wildman–Crippen LogP) is 3.01. The van der Waals surface area contributed by atoms with Gasteiger partial charge >= 0.3 is 5.97 Å². The van der Waals surface area contributed by atoms with Gasteiger partial charge in [0.25, 0.3) is 5.91 Å². The molecule has 0 fully saturated rings. The molecule has 7 heteroatoms. The Bertz CT molecular complexity index is 879. The van der Waals surface area contributed by atoms with Gasteiger partial charge in [0.1, 0.15) is 5.75 Å². The van der Waals surface area contributed by atoms with E-state index in [9.17, 15) is 14.4 Å².